The molecule has 116 valence electrons. The van der Waals surface area contributed by atoms with Crippen LogP contribution in [-0.2, 0) is 0 Å². The minimum Gasteiger partial charge on any atom is -0.206 e. The molecule has 0 aliphatic rings. The lowest BCUT2D eigenvalue weighted by Gasteiger charge is -2.00. The first kappa shape index (κ1) is 17.5. The first-order valence-corrected chi connectivity index (χ1v) is 9.13. The summed E-state index contributed by atoms with van der Waals surface area (Å²) in [5, 5.41) is 10.4. The van der Waals surface area contributed by atoms with Crippen molar-refractivity contribution in [1.29, 1.82) is 5.26 Å². The summed E-state index contributed by atoms with van der Waals surface area (Å²) in [6.07, 6.45) is 2.43. The second-order valence-electron chi connectivity index (χ2n) is 4.81. The molecule has 2 aromatic rings. The third-order valence-electron chi connectivity index (χ3n) is 3.06. The van der Waals surface area contributed by atoms with E-state index in [9.17, 15) is 4.39 Å². The Kier molecular flexibility index (Phi) is 7.07. The van der Waals surface area contributed by atoms with Crippen LogP contribution >= 0.6 is 23.5 Å². The highest BCUT2D eigenvalue weighted by Crippen LogP contribution is 2.21. The van der Waals surface area contributed by atoms with Crippen LogP contribution in [0.5, 0.6) is 0 Å². The van der Waals surface area contributed by atoms with Gasteiger partial charge in [0.25, 0.3) is 0 Å². The number of benzene rings is 2. The number of hydrogen-bond acceptors (Lipinski definition) is 3. The first-order chi connectivity index (χ1) is 11.2. The molecule has 0 bridgehead atoms. The number of rotatable bonds is 5. The molecule has 0 spiro atoms. The molecule has 0 N–H and O–H groups in total. The van der Waals surface area contributed by atoms with Gasteiger partial charge in [-0.15, -0.1) is 11.8 Å². The quantitative estimate of drug-likeness (QED) is 0.302. The number of halogens is 1. The summed E-state index contributed by atoms with van der Waals surface area (Å²) >= 11 is 2.66. The number of thioether (sulfide) groups is 2. The SMILES string of the molecule is CCCCSc1ccc(C#Cc2ccc(SC#N)c(F)c2)cc1. The van der Waals surface area contributed by atoms with Crippen LogP contribution in [0.25, 0.3) is 0 Å². The molecule has 4 heteroatoms. The Bertz CT molecular complexity index is 752. The van der Waals surface area contributed by atoms with Crippen molar-refractivity contribution in [2.75, 3.05) is 5.75 Å². The Morgan fingerprint density at radius 3 is 2.39 bits per heavy atom. The van der Waals surface area contributed by atoms with E-state index in [1.54, 1.807) is 12.1 Å². The lowest BCUT2D eigenvalue weighted by molar-refractivity contribution is 0.602. The average molecular weight is 341 g/mol. The van der Waals surface area contributed by atoms with Crippen LogP contribution in [0, 0.1) is 28.3 Å². The molecule has 0 unspecified atom stereocenters. The highest BCUT2D eigenvalue weighted by atomic mass is 32.2. The zero-order chi connectivity index (χ0) is 16.5. The van der Waals surface area contributed by atoms with E-state index in [0.29, 0.717) is 10.5 Å². The Labute approximate surface area is 145 Å². The van der Waals surface area contributed by atoms with Crippen molar-refractivity contribution in [3.63, 3.8) is 0 Å². The molecule has 2 aromatic carbocycles. The maximum Gasteiger partial charge on any atom is 0.139 e. The summed E-state index contributed by atoms with van der Waals surface area (Å²) in [6, 6.07) is 12.8. The minimum atomic E-state index is -0.411. The van der Waals surface area contributed by atoms with E-state index < -0.39 is 5.82 Å². The molecule has 0 aliphatic heterocycles. The average Bonchev–Trinajstić information content (AvgIpc) is 2.57. The number of nitriles is 1. The van der Waals surface area contributed by atoms with Gasteiger partial charge in [0, 0.05) is 16.0 Å². The Morgan fingerprint density at radius 2 is 1.74 bits per heavy atom. The van der Waals surface area contributed by atoms with Crippen molar-refractivity contribution in [1.82, 2.24) is 0 Å². The van der Waals surface area contributed by atoms with Crippen molar-refractivity contribution in [2.45, 2.75) is 29.6 Å². The van der Waals surface area contributed by atoms with Crippen molar-refractivity contribution in [3.8, 4) is 17.2 Å². The van der Waals surface area contributed by atoms with E-state index in [0.717, 1.165) is 23.1 Å². The van der Waals surface area contributed by atoms with E-state index >= 15 is 0 Å². The summed E-state index contributed by atoms with van der Waals surface area (Å²) in [5.41, 5.74) is 1.51. The number of nitrogens with zero attached hydrogens (tertiary/aromatic N) is 1. The van der Waals surface area contributed by atoms with Gasteiger partial charge in [-0.3, -0.25) is 0 Å². The maximum absolute atomic E-state index is 13.7. The molecular formula is C19H16FNS2. The lowest BCUT2D eigenvalue weighted by Crippen LogP contribution is -1.83. The van der Waals surface area contributed by atoms with Crippen LogP contribution in [0.15, 0.2) is 52.3 Å². The van der Waals surface area contributed by atoms with Gasteiger partial charge in [0.1, 0.15) is 11.2 Å². The summed E-state index contributed by atoms with van der Waals surface area (Å²) in [6.45, 7) is 2.19. The molecule has 23 heavy (non-hydrogen) atoms. The number of hydrogen-bond donors (Lipinski definition) is 0. The van der Waals surface area contributed by atoms with Gasteiger partial charge < -0.3 is 0 Å². The van der Waals surface area contributed by atoms with Crippen LogP contribution in [0.2, 0.25) is 0 Å². The van der Waals surface area contributed by atoms with Crippen LogP contribution in [0.1, 0.15) is 30.9 Å². The van der Waals surface area contributed by atoms with E-state index in [-0.39, 0.29) is 0 Å². The second-order valence-corrected chi connectivity index (χ2v) is 6.81. The van der Waals surface area contributed by atoms with Crippen molar-refractivity contribution < 1.29 is 4.39 Å². The third kappa shape index (κ3) is 5.67. The predicted octanol–water partition coefficient (Wildman–Crippen LogP) is 5.69. The van der Waals surface area contributed by atoms with Crippen LogP contribution in [0.3, 0.4) is 0 Å². The molecule has 0 saturated heterocycles. The number of unbranched alkanes of at least 4 members (excludes halogenated alkanes) is 1. The summed E-state index contributed by atoms with van der Waals surface area (Å²) < 4.78 is 13.7. The molecule has 0 saturated carbocycles. The largest absolute Gasteiger partial charge is 0.206 e. The normalized spacial score (nSPS) is 9.78. The first-order valence-electron chi connectivity index (χ1n) is 7.33. The Hall–Kier alpha value is -1.88. The van der Waals surface area contributed by atoms with Crippen molar-refractivity contribution in [3.05, 3.63) is 59.4 Å². The zero-order valence-electron chi connectivity index (χ0n) is 12.8. The highest BCUT2D eigenvalue weighted by molar-refractivity contribution is 8.03. The predicted molar refractivity (Wildman–Crippen MR) is 95.9 cm³/mol. The molecule has 0 amide bonds. The molecule has 0 radical (unpaired) electrons. The molecule has 0 heterocycles. The molecule has 0 atom stereocenters. The zero-order valence-corrected chi connectivity index (χ0v) is 14.4. The van der Waals surface area contributed by atoms with E-state index in [1.807, 2.05) is 29.3 Å². The van der Waals surface area contributed by atoms with Gasteiger partial charge in [0.05, 0.1) is 4.90 Å². The highest BCUT2D eigenvalue weighted by Gasteiger charge is 2.02. The fourth-order valence-electron chi connectivity index (χ4n) is 1.82. The van der Waals surface area contributed by atoms with E-state index in [1.165, 1.54) is 23.8 Å². The van der Waals surface area contributed by atoms with Gasteiger partial charge in [-0.2, -0.15) is 5.26 Å². The number of thiocyanates is 1. The minimum absolute atomic E-state index is 0.325. The third-order valence-corrected chi connectivity index (χ3v) is 4.80. The van der Waals surface area contributed by atoms with Gasteiger partial charge in [-0.05, 0) is 66.4 Å². The maximum atomic E-state index is 13.7. The van der Waals surface area contributed by atoms with Crippen molar-refractivity contribution >= 4 is 23.5 Å². The molecule has 0 aromatic heterocycles. The smallest absolute Gasteiger partial charge is 0.139 e. The molecule has 0 fully saturated rings. The Morgan fingerprint density at radius 1 is 1.04 bits per heavy atom. The second kappa shape index (κ2) is 9.30. The summed E-state index contributed by atoms with van der Waals surface area (Å²) in [7, 11) is 0. The van der Waals surface area contributed by atoms with Crippen LogP contribution in [0.4, 0.5) is 4.39 Å². The van der Waals surface area contributed by atoms with Gasteiger partial charge in [0.15, 0.2) is 0 Å². The van der Waals surface area contributed by atoms with Gasteiger partial charge in [0.2, 0.25) is 0 Å². The standard InChI is InChI=1S/C19H16FNS2/c1-2-3-12-22-17-9-6-15(7-10-17)4-5-16-8-11-19(23-14-21)18(20)13-16/h6-11,13H,2-3,12H2,1H3. The lowest BCUT2D eigenvalue weighted by atomic mass is 10.2. The van der Waals surface area contributed by atoms with E-state index in [4.69, 9.17) is 5.26 Å². The van der Waals surface area contributed by atoms with Crippen LogP contribution < -0.4 is 0 Å². The Balaban J connectivity index is 2.04. The topological polar surface area (TPSA) is 23.8 Å². The molecule has 1 nitrogen and oxygen atoms in total. The van der Waals surface area contributed by atoms with Gasteiger partial charge in [-0.25, -0.2) is 4.39 Å². The summed E-state index contributed by atoms with van der Waals surface area (Å²) in [4.78, 5) is 1.57. The fraction of sp³-hybridized carbons (Fsp3) is 0.211. The molecule has 0 aliphatic carbocycles. The summed E-state index contributed by atoms with van der Waals surface area (Å²) in [5.74, 6) is 6.71. The van der Waals surface area contributed by atoms with Gasteiger partial charge in [-0.1, -0.05) is 25.2 Å². The van der Waals surface area contributed by atoms with Gasteiger partial charge >= 0.3 is 0 Å². The fourth-order valence-corrected chi connectivity index (χ4v) is 3.21. The van der Waals surface area contributed by atoms with Crippen molar-refractivity contribution in [2.24, 2.45) is 0 Å². The molecule has 2 rings (SSSR count). The monoisotopic (exact) mass is 341 g/mol. The van der Waals surface area contributed by atoms with Crippen LogP contribution in [-0.4, -0.2) is 5.75 Å². The molecular weight excluding hydrogens is 325 g/mol. The van der Waals surface area contributed by atoms with E-state index in [2.05, 4.69) is 30.9 Å².